The summed E-state index contributed by atoms with van der Waals surface area (Å²) in [6.45, 7) is 1.23. The van der Waals surface area contributed by atoms with Crippen molar-refractivity contribution >= 4 is 33.1 Å². The summed E-state index contributed by atoms with van der Waals surface area (Å²) in [6, 6.07) is 8.08. The fourth-order valence-electron chi connectivity index (χ4n) is 2.21. The van der Waals surface area contributed by atoms with E-state index in [0.717, 1.165) is 24.5 Å². The quantitative estimate of drug-likeness (QED) is 0.439. The zero-order valence-corrected chi connectivity index (χ0v) is 15.5. The number of carbonyl (C=O) groups is 2. The molecule has 148 valence electrons. The molecule has 1 N–H and O–H groups in total. The Hall–Kier alpha value is -3.34. The second-order valence-corrected chi connectivity index (χ2v) is 7.71. The molecule has 0 aliphatic carbocycles. The van der Waals surface area contributed by atoms with E-state index in [0.29, 0.717) is 0 Å². The van der Waals surface area contributed by atoms with Gasteiger partial charge in [-0.15, -0.1) is 0 Å². The van der Waals surface area contributed by atoms with E-state index in [1.807, 2.05) is 0 Å². The van der Waals surface area contributed by atoms with Crippen LogP contribution in [0.3, 0.4) is 0 Å². The normalized spacial score (nSPS) is 12.1. The van der Waals surface area contributed by atoms with Crippen molar-refractivity contribution in [2.75, 3.05) is 11.6 Å². The van der Waals surface area contributed by atoms with Gasteiger partial charge in [0.25, 0.3) is 5.91 Å². The van der Waals surface area contributed by atoms with Crippen LogP contribution in [0.2, 0.25) is 0 Å². The molecule has 2 rings (SSSR count). The fourth-order valence-corrected chi connectivity index (χ4v) is 3.09. The smallest absolute Gasteiger partial charge is 0.340 e. The van der Waals surface area contributed by atoms with E-state index in [4.69, 9.17) is 4.74 Å². The van der Waals surface area contributed by atoms with Crippen molar-refractivity contribution in [3.8, 4) is 0 Å². The van der Waals surface area contributed by atoms with Gasteiger partial charge in [0.2, 0.25) is 5.82 Å². The molecule has 0 spiro atoms. The van der Waals surface area contributed by atoms with Crippen LogP contribution in [-0.2, 0) is 19.4 Å². The van der Waals surface area contributed by atoms with E-state index in [-0.39, 0.29) is 16.1 Å². The number of carbonyl (C=O) groups excluding carboxylic acids is 2. The van der Waals surface area contributed by atoms with Gasteiger partial charge < -0.3 is 10.1 Å². The predicted octanol–water partition coefficient (Wildman–Crippen LogP) is 2.32. The average Bonchev–Trinajstić information content (AvgIpc) is 2.62. The van der Waals surface area contributed by atoms with Crippen LogP contribution in [0.1, 0.15) is 17.3 Å². The van der Waals surface area contributed by atoms with Gasteiger partial charge in [-0.1, -0.05) is 12.1 Å². The highest BCUT2D eigenvalue weighted by Crippen LogP contribution is 2.22. The maximum absolute atomic E-state index is 13.3. The van der Waals surface area contributed by atoms with Crippen molar-refractivity contribution in [3.63, 3.8) is 0 Å². The van der Waals surface area contributed by atoms with Crippen molar-refractivity contribution in [2.24, 2.45) is 0 Å². The molecule has 1 atom stereocenters. The number of nitro groups is 1. The first-order chi connectivity index (χ1) is 13.0. The van der Waals surface area contributed by atoms with E-state index < -0.39 is 44.2 Å². The molecule has 0 aliphatic heterocycles. The highest BCUT2D eigenvalue weighted by atomic mass is 32.2. The molecule has 0 bridgehead atoms. The first-order valence-corrected chi connectivity index (χ1v) is 9.64. The largest absolute Gasteiger partial charge is 0.449 e. The Bertz CT molecular complexity index is 1050. The molecule has 0 fully saturated rings. The summed E-state index contributed by atoms with van der Waals surface area (Å²) in [4.78, 5) is 34.0. The van der Waals surface area contributed by atoms with Gasteiger partial charge in [0.15, 0.2) is 15.9 Å². The minimum Gasteiger partial charge on any atom is -0.449 e. The highest BCUT2D eigenvalue weighted by molar-refractivity contribution is 7.90. The van der Waals surface area contributed by atoms with Crippen molar-refractivity contribution < 1.29 is 32.1 Å². The summed E-state index contributed by atoms with van der Waals surface area (Å²) < 4.78 is 41.8. The van der Waals surface area contributed by atoms with Crippen molar-refractivity contribution in [1.29, 1.82) is 0 Å². The van der Waals surface area contributed by atoms with E-state index in [9.17, 15) is 32.5 Å². The lowest BCUT2D eigenvalue weighted by Crippen LogP contribution is -2.30. The average molecular weight is 410 g/mol. The summed E-state index contributed by atoms with van der Waals surface area (Å²) in [5.41, 5.74) is -1.14. The van der Waals surface area contributed by atoms with Crippen molar-refractivity contribution in [3.05, 3.63) is 64.0 Å². The molecule has 0 saturated carbocycles. The van der Waals surface area contributed by atoms with Crippen LogP contribution in [0.4, 0.5) is 15.8 Å². The second kappa shape index (κ2) is 8.13. The van der Waals surface area contributed by atoms with Gasteiger partial charge in [0.05, 0.1) is 15.4 Å². The Kier molecular flexibility index (Phi) is 6.09. The number of rotatable bonds is 6. The number of amides is 1. The van der Waals surface area contributed by atoms with Crippen LogP contribution in [0.5, 0.6) is 0 Å². The van der Waals surface area contributed by atoms with Crippen LogP contribution in [0.15, 0.2) is 47.4 Å². The molecule has 0 unspecified atom stereocenters. The number of nitrogens with one attached hydrogen (secondary N) is 1. The van der Waals surface area contributed by atoms with Gasteiger partial charge in [-0.3, -0.25) is 14.9 Å². The number of ether oxygens (including phenoxy) is 1. The van der Waals surface area contributed by atoms with Crippen LogP contribution in [-0.4, -0.2) is 37.6 Å². The number of hydrogen-bond donors (Lipinski definition) is 1. The summed E-state index contributed by atoms with van der Waals surface area (Å²) in [6.07, 6.45) is -0.430. The van der Waals surface area contributed by atoms with Crippen molar-refractivity contribution in [2.45, 2.75) is 17.9 Å². The standard InChI is InChI=1S/C17H15FN2O7S/c1-10(16(21)19-11-7-8-13(18)14(9-11)20(23)24)27-17(22)12-5-3-4-6-15(12)28(2,25)26/h3-10H,1-2H3,(H,19,21)/t10-/m1/s1. The topological polar surface area (TPSA) is 133 Å². The van der Waals surface area contributed by atoms with Crippen LogP contribution in [0, 0.1) is 15.9 Å². The van der Waals surface area contributed by atoms with Gasteiger partial charge in [0.1, 0.15) is 0 Å². The maximum atomic E-state index is 13.3. The fraction of sp³-hybridized carbons (Fsp3) is 0.176. The SMILES string of the molecule is C[C@@H](OC(=O)c1ccccc1S(C)(=O)=O)C(=O)Nc1ccc(F)c([N+](=O)[O-])c1. The number of esters is 1. The third kappa shape index (κ3) is 4.88. The number of benzene rings is 2. The molecule has 2 aromatic rings. The number of nitrogens with zero attached hydrogens (tertiary/aromatic N) is 1. The van der Waals surface area contributed by atoms with Gasteiger partial charge in [-0.05, 0) is 31.2 Å². The predicted molar refractivity (Wildman–Crippen MR) is 96.1 cm³/mol. The van der Waals surface area contributed by atoms with Gasteiger partial charge in [0, 0.05) is 18.0 Å². The minimum absolute atomic E-state index is 0.0717. The molecule has 2 aromatic carbocycles. The Balaban J connectivity index is 2.15. The molecule has 0 aliphatic rings. The molecule has 11 heteroatoms. The molecular formula is C17H15FN2O7S. The lowest BCUT2D eigenvalue weighted by molar-refractivity contribution is -0.387. The highest BCUT2D eigenvalue weighted by Gasteiger charge is 2.24. The molecule has 1 amide bonds. The van der Waals surface area contributed by atoms with Gasteiger partial charge >= 0.3 is 11.7 Å². The third-order valence-corrected chi connectivity index (χ3v) is 4.72. The molecule has 0 aromatic heterocycles. The van der Waals surface area contributed by atoms with E-state index in [1.54, 1.807) is 0 Å². The van der Waals surface area contributed by atoms with Crippen LogP contribution in [0.25, 0.3) is 0 Å². The van der Waals surface area contributed by atoms with Crippen LogP contribution >= 0.6 is 0 Å². The summed E-state index contributed by atoms with van der Waals surface area (Å²) >= 11 is 0. The number of anilines is 1. The molecule has 9 nitrogen and oxygen atoms in total. The Morgan fingerprint density at radius 1 is 1.21 bits per heavy atom. The Morgan fingerprint density at radius 2 is 1.86 bits per heavy atom. The zero-order chi connectivity index (χ0) is 21.1. The van der Waals surface area contributed by atoms with Gasteiger partial charge in [-0.25, -0.2) is 13.2 Å². The lowest BCUT2D eigenvalue weighted by atomic mass is 10.2. The lowest BCUT2D eigenvalue weighted by Gasteiger charge is -2.14. The first kappa shape index (κ1) is 21.0. The van der Waals surface area contributed by atoms with E-state index >= 15 is 0 Å². The summed E-state index contributed by atoms with van der Waals surface area (Å²) in [5.74, 6) is -2.94. The monoisotopic (exact) mass is 410 g/mol. The third-order valence-electron chi connectivity index (χ3n) is 3.57. The Morgan fingerprint density at radius 3 is 2.46 bits per heavy atom. The van der Waals surface area contributed by atoms with E-state index in [2.05, 4.69) is 5.32 Å². The molecule has 0 saturated heterocycles. The van der Waals surface area contributed by atoms with Crippen molar-refractivity contribution in [1.82, 2.24) is 0 Å². The Labute approximate surface area is 159 Å². The number of hydrogen-bond acceptors (Lipinski definition) is 7. The molecule has 0 radical (unpaired) electrons. The maximum Gasteiger partial charge on any atom is 0.340 e. The minimum atomic E-state index is -3.70. The number of nitro benzene ring substituents is 1. The summed E-state index contributed by atoms with van der Waals surface area (Å²) in [5, 5.41) is 13.0. The number of sulfone groups is 1. The summed E-state index contributed by atoms with van der Waals surface area (Å²) in [7, 11) is -3.70. The molecule has 0 heterocycles. The van der Waals surface area contributed by atoms with Gasteiger partial charge in [-0.2, -0.15) is 4.39 Å². The number of halogens is 1. The zero-order valence-electron chi connectivity index (χ0n) is 14.7. The van der Waals surface area contributed by atoms with E-state index in [1.165, 1.54) is 31.2 Å². The van der Waals surface area contributed by atoms with Crippen LogP contribution < -0.4 is 5.32 Å². The molecular weight excluding hydrogens is 395 g/mol. The second-order valence-electron chi connectivity index (χ2n) is 5.73. The first-order valence-electron chi connectivity index (χ1n) is 7.75. The molecule has 28 heavy (non-hydrogen) atoms.